The van der Waals surface area contributed by atoms with Crippen LogP contribution in [0.4, 0.5) is 5.69 Å². The van der Waals surface area contributed by atoms with E-state index >= 15 is 0 Å². The fraction of sp³-hybridized carbons (Fsp3) is 0.381. The minimum Gasteiger partial charge on any atom is -0.497 e. The number of benzene rings is 2. The van der Waals surface area contributed by atoms with Gasteiger partial charge >= 0.3 is 0 Å². The highest BCUT2D eigenvalue weighted by atomic mass is 35.5. The summed E-state index contributed by atoms with van der Waals surface area (Å²) < 4.78 is 7.47. The average Bonchev–Trinajstić information content (AvgIpc) is 2.82. The first-order valence-electron chi connectivity index (χ1n) is 9.15. The smallest absolute Gasteiger partial charge is 0.271 e. The number of rotatable bonds is 3. The van der Waals surface area contributed by atoms with Crippen LogP contribution in [0.15, 0.2) is 48.5 Å². The minimum absolute atomic E-state index is 0.510. The molecular weight excluding hydrogens is 348 g/mol. The zero-order valence-electron chi connectivity index (χ0n) is 15.0. The van der Waals surface area contributed by atoms with Gasteiger partial charge in [0.1, 0.15) is 11.4 Å². The maximum Gasteiger partial charge on any atom is 0.271 e. The average molecular weight is 372 g/mol. The Hall–Kier alpha value is -2.04. The van der Waals surface area contributed by atoms with Gasteiger partial charge in [0.15, 0.2) is 6.54 Å². The first-order valence-corrected chi connectivity index (χ1v) is 9.53. The van der Waals surface area contributed by atoms with E-state index < -0.39 is 5.72 Å². The number of hydrogen-bond acceptors (Lipinski definition) is 3. The van der Waals surface area contributed by atoms with E-state index in [0.29, 0.717) is 11.6 Å². The van der Waals surface area contributed by atoms with Crippen molar-refractivity contribution >= 4 is 23.1 Å². The van der Waals surface area contributed by atoms with E-state index in [1.807, 2.05) is 36.4 Å². The molecule has 2 heterocycles. The number of ether oxygens (including phenoxy) is 1. The van der Waals surface area contributed by atoms with Gasteiger partial charge in [-0.3, -0.25) is 0 Å². The molecule has 2 aliphatic rings. The maximum atomic E-state index is 11.7. The molecule has 0 aromatic heterocycles. The number of nitrogens with zero attached hydrogens (tertiary/aromatic N) is 2. The Labute approximate surface area is 159 Å². The van der Waals surface area contributed by atoms with Crippen LogP contribution in [0, 0.1) is 0 Å². The molecule has 0 bridgehead atoms. The summed E-state index contributed by atoms with van der Waals surface area (Å²) in [5.74, 6) is 2.04. The van der Waals surface area contributed by atoms with Gasteiger partial charge in [-0.2, -0.15) is 0 Å². The second-order valence-corrected chi connectivity index (χ2v) is 7.42. The van der Waals surface area contributed by atoms with E-state index in [2.05, 4.69) is 21.6 Å². The van der Waals surface area contributed by atoms with Crippen molar-refractivity contribution in [1.29, 1.82) is 0 Å². The lowest BCUT2D eigenvalue weighted by Crippen LogP contribution is -2.41. The Morgan fingerprint density at radius 3 is 2.46 bits per heavy atom. The van der Waals surface area contributed by atoms with Crippen molar-refractivity contribution in [2.45, 2.75) is 31.4 Å². The number of amidine groups is 1. The predicted octanol–water partition coefficient (Wildman–Crippen LogP) is 4.00. The summed E-state index contributed by atoms with van der Waals surface area (Å²) in [6.07, 6.45) is 4.40. The zero-order valence-corrected chi connectivity index (χ0v) is 15.7. The van der Waals surface area contributed by atoms with Crippen molar-refractivity contribution in [3.63, 3.8) is 0 Å². The predicted molar refractivity (Wildman–Crippen MR) is 104 cm³/mol. The van der Waals surface area contributed by atoms with E-state index in [1.54, 1.807) is 7.11 Å². The Balaban J connectivity index is 1.77. The third-order valence-electron chi connectivity index (χ3n) is 5.42. The highest BCUT2D eigenvalue weighted by Gasteiger charge is 2.51. The minimum atomic E-state index is -1.04. The number of β-amino-alcohol motifs (C(OH)–C–C–N with tert-alkyl or cyclic N) is 1. The number of anilines is 1. The van der Waals surface area contributed by atoms with Gasteiger partial charge in [0.25, 0.3) is 11.6 Å². The molecule has 136 valence electrons. The quantitative estimate of drug-likeness (QED) is 0.828. The van der Waals surface area contributed by atoms with Crippen LogP contribution in [0.3, 0.4) is 0 Å². The summed E-state index contributed by atoms with van der Waals surface area (Å²) in [4.78, 5) is 2.25. The van der Waals surface area contributed by atoms with Crippen molar-refractivity contribution in [3.05, 3.63) is 59.1 Å². The summed E-state index contributed by atoms with van der Waals surface area (Å²) in [5.41, 5.74) is 0.930. The van der Waals surface area contributed by atoms with Crippen LogP contribution in [-0.2, 0) is 5.72 Å². The Kier molecular flexibility index (Phi) is 4.63. The zero-order chi connectivity index (χ0) is 18.1. The van der Waals surface area contributed by atoms with Gasteiger partial charge in [-0.25, -0.2) is 9.48 Å². The molecule has 2 aromatic carbocycles. The number of methoxy groups -OCH3 is 1. The second kappa shape index (κ2) is 6.93. The first kappa shape index (κ1) is 17.4. The maximum absolute atomic E-state index is 11.7. The third-order valence-corrected chi connectivity index (χ3v) is 5.67. The summed E-state index contributed by atoms with van der Waals surface area (Å²) in [6, 6.07) is 15.6. The standard InChI is InChI=1S/C21H24ClN2O2/c1-26-19-12-10-18(11-13-19)23-15-21(25,16-6-8-17(22)9-7-16)24-14-4-2-3-5-20(23)24/h6-13,25H,2-5,14-15H2,1H3/q+1/t21-/m1/s1. The lowest BCUT2D eigenvalue weighted by molar-refractivity contribution is -0.658. The molecule has 0 aliphatic carbocycles. The molecule has 0 unspecified atom stereocenters. The lowest BCUT2D eigenvalue weighted by atomic mass is 10.0. The number of aliphatic hydroxyl groups is 1. The molecule has 26 heavy (non-hydrogen) atoms. The molecule has 0 radical (unpaired) electrons. The third kappa shape index (κ3) is 2.97. The largest absolute Gasteiger partial charge is 0.497 e. The molecular formula is C21H24ClN2O2+. The fourth-order valence-electron chi connectivity index (χ4n) is 4.04. The van der Waals surface area contributed by atoms with Gasteiger partial charge in [-0.15, -0.1) is 0 Å². The van der Waals surface area contributed by atoms with Gasteiger partial charge in [-0.05, 0) is 55.7 Å². The van der Waals surface area contributed by atoms with Crippen LogP contribution in [0.5, 0.6) is 5.75 Å². The van der Waals surface area contributed by atoms with Crippen LogP contribution in [0.1, 0.15) is 31.2 Å². The van der Waals surface area contributed by atoms with E-state index in [4.69, 9.17) is 16.3 Å². The summed E-state index contributed by atoms with van der Waals surface area (Å²) >= 11 is 6.06. The second-order valence-electron chi connectivity index (χ2n) is 6.99. The van der Waals surface area contributed by atoms with E-state index in [9.17, 15) is 5.11 Å². The Bertz CT molecular complexity index is 817. The van der Waals surface area contributed by atoms with Crippen LogP contribution >= 0.6 is 11.6 Å². The van der Waals surface area contributed by atoms with Gasteiger partial charge in [0, 0.05) is 17.0 Å². The fourth-order valence-corrected chi connectivity index (χ4v) is 4.16. The summed E-state index contributed by atoms with van der Waals surface area (Å²) in [7, 11) is 1.67. The van der Waals surface area contributed by atoms with E-state index in [0.717, 1.165) is 42.8 Å². The van der Waals surface area contributed by atoms with Gasteiger partial charge in [-0.1, -0.05) is 23.7 Å². The highest BCUT2D eigenvalue weighted by Crippen LogP contribution is 2.36. The topological polar surface area (TPSA) is 35.7 Å². The first-order chi connectivity index (χ1) is 12.6. The summed E-state index contributed by atoms with van der Waals surface area (Å²) in [5, 5.41) is 12.4. The number of halogens is 1. The monoisotopic (exact) mass is 371 g/mol. The van der Waals surface area contributed by atoms with Crippen molar-refractivity contribution in [2.75, 3.05) is 25.1 Å². The van der Waals surface area contributed by atoms with Crippen molar-refractivity contribution in [2.24, 2.45) is 0 Å². The highest BCUT2D eigenvalue weighted by molar-refractivity contribution is 6.30. The van der Waals surface area contributed by atoms with Crippen molar-refractivity contribution < 1.29 is 14.4 Å². The van der Waals surface area contributed by atoms with Crippen LogP contribution < -0.4 is 9.64 Å². The Morgan fingerprint density at radius 2 is 1.77 bits per heavy atom. The molecule has 0 amide bonds. The summed E-state index contributed by atoms with van der Waals surface area (Å²) in [6.45, 7) is 1.37. The van der Waals surface area contributed by atoms with Crippen LogP contribution in [-0.4, -0.2) is 35.7 Å². The van der Waals surface area contributed by atoms with Gasteiger partial charge in [0.2, 0.25) is 0 Å². The number of hydrogen-bond donors (Lipinski definition) is 1. The van der Waals surface area contributed by atoms with Gasteiger partial charge < -0.3 is 9.84 Å². The SMILES string of the molecule is COc1ccc(N2C[C@@](O)(c3ccc(Cl)cc3)[N+]3=C2CCCCC3)cc1. The molecule has 2 aromatic rings. The molecule has 0 fully saturated rings. The van der Waals surface area contributed by atoms with Crippen molar-refractivity contribution in [3.8, 4) is 5.75 Å². The lowest BCUT2D eigenvalue weighted by Gasteiger charge is -2.23. The molecule has 1 atom stereocenters. The molecule has 0 saturated heterocycles. The normalized spacial score (nSPS) is 23.0. The molecule has 5 heteroatoms. The molecule has 0 spiro atoms. The van der Waals surface area contributed by atoms with Crippen LogP contribution in [0.2, 0.25) is 5.02 Å². The van der Waals surface area contributed by atoms with Gasteiger partial charge in [0.05, 0.1) is 13.7 Å². The molecule has 4 rings (SSSR count). The molecule has 1 N–H and O–H groups in total. The van der Waals surface area contributed by atoms with E-state index in [-0.39, 0.29) is 0 Å². The van der Waals surface area contributed by atoms with Crippen molar-refractivity contribution in [1.82, 2.24) is 0 Å². The molecule has 4 nitrogen and oxygen atoms in total. The molecule has 0 saturated carbocycles. The Morgan fingerprint density at radius 1 is 1.04 bits per heavy atom. The van der Waals surface area contributed by atoms with Crippen LogP contribution in [0.25, 0.3) is 0 Å². The molecule has 2 aliphatic heterocycles. The van der Waals surface area contributed by atoms with E-state index in [1.165, 1.54) is 12.3 Å².